The lowest BCUT2D eigenvalue weighted by atomic mass is 10.1. The first-order valence-electron chi connectivity index (χ1n) is 13.5. The van der Waals surface area contributed by atoms with E-state index in [1.807, 2.05) is 20.8 Å². The van der Waals surface area contributed by atoms with Gasteiger partial charge in [0.05, 0.1) is 46.8 Å². The van der Waals surface area contributed by atoms with E-state index in [9.17, 15) is 9.59 Å². The molecule has 0 atom stereocenters. The van der Waals surface area contributed by atoms with Gasteiger partial charge in [0.1, 0.15) is 18.8 Å². The lowest BCUT2D eigenvalue weighted by molar-refractivity contribution is -0.160. The maximum Gasteiger partial charge on any atom is 0.332 e. The van der Waals surface area contributed by atoms with Crippen LogP contribution in [0.4, 0.5) is 0 Å². The minimum atomic E-state index is -0.453. The fraction of sp³-hybridized carbons (Fsp3) is 0.923. The van der Waals surface area contributed by atoms with Crippen molar-refractivity contribution in [2.24, 2.45) is 0 Å². The van der Waals surface area contributed by atoms with Crippen LogP contribution >= 0.6 is 0 Å². The molecule has 11 heteroatoms. The van der Waals surface area contributed by atoms with Crippen molar-refractivity contribution in [1.29, 1.82) is 0 Å². The van der Waals surface area contributed by atoms with Crippen LogP contribution in [0.3, 0.4) is 0 Å². The van der Waals surface area contributed by atoms with Crippen LogP contribution in [-0.2, 0) is 38.0 Å². The van der Waals surface area contributed by atoms with Gasteiger partial charge >= 0.3 is 11.9 Å². The molecule has 0 aromatic carbocycles. The Morgan fingerprint density at radius 1 is 0.676 bits per heavy atom. The minimum absolute atomic E-state index is 0.00233. The van der Waals surface area contributed by atoms with E-state index in [0.29, 0.717) is 33.0 Å². The highest BCUT2D eigenvalue weighted by Gasteiger charge is 2.16. The minimum Gasteiger partial charge on any atom is -0.467 e. The first-order chi connectivity index (χ1) is 17.8. The van der Waals surface area contributed by atoms with E-state index in [2.05, 4.69) is 19.9 Å². The van der Waals surface area contributed by atoms with E-state index < -0.39 is 5.60 Å². The molecule has 0 aromatic heterocycles. The van der Waals surface area contributed by atoms with Crippen molar-refractivity contribution in [3.8, 4) is 0 Å². The van der Waals surface area contributed by atoms with Crippen molar-refractivity contribution in [2.45, 2.75) is 45.6 Å². The number of ether oxygens (including phenoxy) is 6. The van der Waals surface area contributed by atoms with Gasteiger partial charge in [-0.05, 0) is 46.7 Å². The summed E-state index contributed by atoms with van der Waals surface area (Å²) in [5.74, 6) is -0.684. The lowest BCUT2D eigenvalue weighted by Gasteiger charge is -2.26. The largest absolute Gasteiger partial charge is 0.467 e. The highest BCUT2D eigenvalue weighted by Crippen LogP contribution is 2.08. The van der Waals surface area contributed by atoms with E-state index in [1.165, 1.54) is 39.5 Å². The molecular formula is C26H51N3O8. The van der Waals surface area contributed by atoms with Crippen molar-refractivity contribution < 1.29 is 38.0 Å². The molecular weight excluding hydrogens is 482 g/mol. The second-order valence-electron chi connectivity index (χ2n) is 9.99. The molecule has 0 amide bonds. The van der Waals surface area contributed by atoms with Gasteiger partial charge in [0, 0.05) is 39.3 Å². The van der Waals surface area contributed by atoms with Gasteiger partial charge in [0.15, 0.2) is 0 Å². The van der Waals surface area contributed by atoms with Crippen LogP contribution in [0, 0.1) is 0 Å². The summed E-state index contributed by atoms with van der Waals surface area (Å²) in [6.07, 6.45) is 3.97. The van der Waals surface area contributed by atoms with Crippen LogP contribution in [0.15, 0.2) is 0 Å². The number of likely N-dealkylation sites (tertiary alicyclic amines) is 1. The molecule has 2 heterocycles. The fourth-order valence-corrected chi connectivity index (χ4v) is 3.69. The van der Waals surface area contributed by atoms with Gasteiger partial charge in [0.25, 0.3) is 0 Å². The van der Waals surface area contributed by atoms with Gasteiger partial charge in [-0.25, -0.2) is 9.59 Å². The van der Waals surface area contributed by atoms with Crippen LogP contribution in [0.2, 0.25) is 0 Å². The molecule has 0 aliphatic carbocycles. The standard InChI is InChI=1S/C15H29NO4.C11H22N2O4/c1-15(2,3)20-14(17)13-19-12-11-18-10-9-16-7-5-4-6-8-16;1-15-11(14)10-17-9-8-16-7-6-13-4-2-12-3-5-13/h4-13H2,1-3H3;12H,2-10H2,1H3. The number of piperazine rings is 1. The second-order valence-corrected chi connectivity index (χ2v) is 9.99. The fourth-order valence-electron chi connectivity index (χ4n) is 3.69. The number of nitrogens with one attached hydrogen (secondary N) is 1. The predicted octanol–water partition coefficient (Wildman–Crippen LogP) is 0.945. The summed E-state index contributed by atoms with van der Waals surface area (Å²) in [5, 5.41) is 3.30. The summed E-state index contributed by atoms with van der Waals surface area (Å²) in [7, 11) is 1.34. The number of esters is 2. The maximum atomic E-state index is 11.4. The molecule has 0 spiro atoms. The summed E-state index contributed by atoms with van der Waals surface area (Å²) in [4.78, 5) is 26.9. The highest BCUT2D eigenvalue weighted by atomic mass is 16.6. The Morgan fingerprint density at radius 3 is 1.68 bits per heavy atom. The molecule has 0 unspecified atom stereocenters. The number of methoxy groups -OCH3 is 1. The highest BCUT2D eigenvalue weighted by molar-refractivity contribution is 5.71. The molecule has 0 radical (unpaired) electrons. The monoisotopic (exact) mass is 533 g/mol. The zero-order valence-electron chi connectivity index (χ0n) is 23.6. The molecule has 2 fully saturated rings. The smallest absolute Gasteiger partial charge is 0.332 e. The third-order valence-electron chi connectivity index (χ3n) is 5.59. The van der Waals surface area contributed by atoms with E-state index in [-0.39, 0.29) is 25.2 Å². The number of nitrogens with zero attached hydrogens (tertiary/aromatic N) is 2. The van der Waals surface area contributed by atoms with E-state index in [4.69, 9.17) is 23.7 Å². The van der Waals surface area contributed by atoms with Crippen molar-refractivity contribution >= 4 is 11.9 Å². The van der Waals surface area contributed by atoms with E-state index in [0.717, 1.165) is 45.9 Å². The number of rotatable bonds is 16. The van der Waals surface area contributed by atoms with E-state index in [1.54, 1.807) is 0 Å². The molecule has 0 aromatic rings. The first kappa shape index (κ1) is 33.7. The lowest BCUT2D eigenvalue weighted by Crippen LogP contribution is -2.44. The molecule has 1 N–H and O–H groups in total. The van der Waals surface area contributed by atoms with Crippen LogP contribution in [0.25, 0.3) is 0 Å². The van der Waals surface area contributed by atoms with Gasteiger partial charge in [-0.15, -0.1) is 0 Å². The van der Waals surface area contributed by atoms with E-state index >= 15 is 0 Å². The third-order valence-corrected chi connectivity index (χ3v) is 5.59. The Kier molecular flexibility index (Phi) is 19.6. The summed E-state index contributed by atoms with van der Waals surface area (Å²) in [6, 6.07) is 0. The van der Waals surface area contributed by atoms with Crippen molar-refractivity contribution in [3.05, 3.63) is 0 Å². The second kappa shape index (κ2) is 21.6. The molecule has 2 aliphatic rings. The van der Waals surface area contributed by atoms with Gasteiger partial charge in [-0.2, -0.15) is 0 Å². The van der Waals surface area contributed by atoms with Crippen molar-refractivity contribution in [3.63, 3.8) is 0 Å². The summed E-state index contributed by atoms with van der Waals surface area (Å²) in [6.45, 7) is 17.5. The SMILES string of the molecule is CC(C)(C)OC(=O)COCCOCCN1CCCCC1.COC(=O)COCCOCCN1CCNCC1. The maximum absolute atomic E-state index is 11.4. The normalized spacial score (nSPS) is 17.1. The molecule has 2 rings (SSSR count). The summed E-state index contributed by atoms with van der Waals surface area (Å²) in [5.41, 5.74) is -0.453. The zero-order chi connectivity index (χ0) is 27.2. The number of hydrogen-bond donors (Lipinski definition) is 1. The van der Waals surface area contributed by atoms with Crippen LogP contribution in [-0.4, -0.2) is 140 Å². The Labute approximate surface area is 223 Å². The predicted molar refractivity (Wildman–Crippen MR) is 141 cm³/mol. The van der Waals surface area contributed by atoms with Crippen LogP contribution in [0.1, 0.15) is 40.0 Å². The summed E-state index contributed by atoms with van der Waals surface area (Å²) >= 11 is 0. The zero-order valence-corrected chi connectivity index (χ0v) is 23.6. The molecule has 218 valence electrons. The topological polar surface area (TPSA) is 108 Å². The number of piperidine rings is 1. The van der Waals surface area contributed by atoms with Gasteiger partial charge in [0.2, 0.25) is 0 Å². The average Bonchev–Trinajstić information content (AvgIpc) is 2.88. The first-order valence-corrected chi connectivity index (χ1v) is 13.5. The molecule has 0 bridgehead atoms. The van der Waals surface area contributed by atoms with Gasteiger partial charge < -0.3 is 38.6 Å². The molecule has 37 heavy (non-hydrogen) atoms. The number of carbonyl (C=O) groups is 2. The molecule has 2 aliphatic heterocycles. The number of hydrogen-bond acceptors (Lipinski definition) is 11. The number of carbonyl (C=O) groups excluding carboxylic acids is 2. The van der Waals surface area contributed by atoms with Gasteiger partial charge in [-0.3, -0.25) is 4.90 Å². The average molecular weight is 534 g/mol. The molecule has 2 saturated heterocycles. The molecule has 0 saturated carbocycles. The Bertz CT molecular complexity index is 577. The Balaban J connectivity index is 0.000000375. The van der Waals surface area contributed by atoms with Crippen molar-refractivity contribution in [2.75, 3.05) is 112 Å². The third kappa shape index (κ3) is 21.3. The van der Waals surface area contributed by atoms with Crippen LogP contribution in [0.5, 0.6) is 0 Å². The van der Waals surface area contributed by atoms with Crippen molar-refractivity contribution in [1.82, 2.24) is 15.1 Å². The van der Waals surface area contributed by atoms with Gasteiger partial charge in [-0.1, -0.05) is 6.42 Å². The van der Waals surface area contributed by atoms with Crippen LogP contribution < -0.4 is 5.32 Å². The Morgan fingerprint density at radius 2 is 1.16 bits per heavy atom. The quantitative estimate of drug-likeness (QED) is 0.226. The summed E-state index contributed by atoms with van der Waals surface area (Å²) < 4.78 is 30.8. The Hall–Kier alpha value is -1.34. The molecule has 11 nitrogen and oxygen atoms in total.